The molecule has 2 aromatic carbocycles. The Bertz CT molecular complexity index is 1110. The van der Waals surface area contributed by atoms with Crippen LogP contribution >= 0.6 is 11.8 Å². The molecule has 0 aromatic heterocycles. The van der Waals surface area contributed by atoms with Gasteiger partial charge >= 0.3 is 0 Å². The molecule has 2 rings (SSSR count). The summed E-state index contributed by atoms with van der Waals surface area (Å²) < 4.78 is 0. The summed E-state index contributed by atoms with van der Waals surface area (Å²) in [6.07, 6.45) is 2.09. The highest BCUT2D eigenvalue weighted by atomic mass is 32.2. The fourth-order valence-corrected chi connectivity index (χ4v) is 3.43. The lowest BCUT2D eigenvalue weighted by Crippen LogP contribution is -2.33. The lowest BCUT2D eigenvalue weighted by Gasteiger charge is -2.14. The number of nitrogens with zero attached hydrogens (tertiary/aromatic N) is 4. The number of rotatable bonds is 10. The Kier molecular flexibility index (Phi) is 9.22. The maximum absolute atomic E-state index is 12.2. The first kappa shape index (κ1) is 26.7. The summed E-state index contributed by atoms with van der Waals surface area (Å²) in [4.78, 5) is 44.8. The molecule has 14 nitrogen and oxygen atoms in total. The highest BCUT2D eigenvalue weighted by Gasteiger charge is 2.21. The topological polar surface area (TPSA) is 210 Å². The molecule has 0 fully saturated rings. The normalized spacial score (nSPS) is 12.9. The number of phenols is 2. The first-order chi connectivity index (χ1) is 16.5. The molecule has 0 radical (unpaired) electrons. The highest BCUT2D eigenvalue weighted by molar-refractivity contribution is 8.01. The summed E-state index contributed by atoms with van der Waals surface area (Å²) in [6, 6.07) is 6.67. The maximum Gasteiger partial charge on any atom is 0.270 e. The van der Waals surface area contributed by atoms with Crippen LogP contribution in [0.25, 0.3) is 0 Å². The van der Waals surface area contributed by atoms with Crippen molar-refractivity contribution in [2.24, 2.45) is 10.2 Å². The van der Waals surface area contributed by atoms with E-state index < -0.39 is 32.2 Å². The molecule has 0 aliphatic rings. The van der Waals surface area contributed by atoms with Gasteiger partial charge in [-0.25, -0.2) is 10.9 Å². The smallest absolute Gasteiger partial charge is 0.270 e. The van der Waals surface area contributed by atoms with Gasteiger partial charge in [-0.15, -0.1) is 11.8 Å². The van der Waals surface area contributed by atoms with Gasteiger partial charge in [0.05, 0.1) is 32.8 Å². The Hall–Kier alpha value is -4.53. The third kappa shape index (κ3) is 7.78. The van der Waals surface area contributed by atoms with Crippen LogP contribution in [0.15, 0.2) is 46.6 Å². The summed E-state index contributed by atoms with van der Waals surface area (Å²) in [5.41, 5.74) is 3.98. The molecule has 15 heteroatoms. The summed E-state index contributed by atoms with van der Waals surface area (Å²) in [7, 11) is 0. The molecule has 0 saturated heterocycles. The van der Waals surface area contributed by atoms with E-state index in [2.05, 4.69) is 21.1 Å². The molecule has 2 amide bonds. The number of hydrogen-bond donors (Lipinski definition) is 4. The molecule has 0 bridgehead atoms. The third-order valence-corrected chi connectivity index (χ3v) is 5.59. The molecule has 0 aliphatic carbocycles. The number of hydrogen-bond acceptors (Lipinski definition) is 11. The van der Waals surface area contributed by atoms with Crippen molar-refractivity contribution >= 4 is 47.4 Å². The minimum absolute atomic E-state index is 0.0280. The number of benzene rings is 2. The molecule has 184 valence electrons. The Morgan fingerprint density at radius 2 is 1.23 bits per heavy atom. The lowest BCUT2D eigenvalue weighted by atomic mass is 10.2. The van der Waals surface area contributed by atoms with Crippen LogP contribution in [0.2, 0.25) is 0 Å². The SMILES string of the molecule is C[C@H](S[C@@H](C)C(=O)N/N=C/c1cc([N+](=O)[O-])ccc1O)C(=O)N/N=C/c1cc([N+](=O)[O-])ccc1O. The van der Waals surface area contributed by atoms with Gasteiger partial charge in [-0.1, -0.05) is 0 Å². The second-order valence-electron chi connectivity index (χ2n) is 6.89. The predicted octanol–water partition coefficient (Wildman–Crippen LogP) is 2.02. The first-order valence-electron chi connectivity index (χ1n) is 9.75. The number of nitrogens with one attached hydrogen (secondary N) is 2. The number of aromatic hydroxyl groups is 2. The molecule has 0 spiro atoms. The van der Waals surface area contributed by atoms with Gasteiger partial charge in [-0.2, -0.15) is 10.2 Å². The summed E-state index contributed by atoms with van der Waals surface area (Å²) in [5, 5.41) is 47.0. The lowest BCUT2D eigenvalue weighted by molar-refractivity contribution is -0.385. The standard InChI is InChI=1S/C20H20N6O8S/c1-11(19(29)23-21-9-13-7-15(25(31)32)3-5-17(13)27)35-12(2)20(30)24-22-10-14-8-16(26(33)34)4-6-18(14)28/h3-12,27-28H,1-2H3,(H,23,29)(H,24,30)/b21-9+,22-10+/t11-,12-/m0/s1. The van der Waals surface area contributed by atoms with Crippen LogP contribution in [0.5, 0.6) is 11.5 Å². The Labute approximate surface area is 202 Å². The van der Waals surface area contributed by atoms with Crippen molar-refractivity contribution in [1.82, 2.24) is 10.9 Å². The van der Waals surface area contributed by atoms with Crippen LogP contribution in [0, 0.1) is 20.2 Å². The van der Waals surface area contributed by atoms with Crippen LogP contribution in [0.3, 0.4) is 0 Å². The number of amides is 2. The zero-order valence-electron chi connectivity index (χ0n) is 18.3. The third-order valence-electron chi connectivity index (χ3n) is 4.35. The molecule has 2 aromatic rings. The van der Waals surface area contributed by atoms with Gasteiger partial charge in [0, 0.05) is 35.4 Å². The molecular formula is C20H20N6O8S. The number of carbonyl (C=O) groups excluding carboxylic acids is 2. The molecule has 0 unspecified atom stereocenters. The minimum atomic E-state index is -0.739. The van der Waals surface area contributed by atoms with E-state index in [1.807, 2.05) is 0 Å². The van der Waals surface area contributed by atoms with E-state index in [-0.39, 0.29) is 34.0 Å². The molecule has 2 atom stereocenters. The minimum Gasteiger partial charge on any atom is -0.507 e. The van der Waals surface area contributed by atoms with E-state index in [0.29, 0.717) is 0 Å². The molecule has 0 saturated carbocycles. The zero-order valence-corrected chi connectivity index (χ0v) is 19.1. The molecule has 35 heavy (non-hydrogen) atoms. The van der Waals surface area contributed by atoms with Crippen LogP contribution in [-0.2, 0) is 9.59 Å². The largest absolute Gasteiger partial charge is 0.507 e. The van der Waals surface area contributed by atoms with Gasteiger partial charge < -0.3 is 10.2 Å². The van der Waals surface area contributed by atoms with E-state index in [9.17, 15) is 40.0 Å². The van der Waals surface area contributed by atoms with Gasteiger partial charge in [0.15, 0.2) is 0 Å². The van der Waals surface area contributed by atoms with Crippen molar-refractivity contribution < 1.29 is 29.6 Å². The number of hydrazone groups is 2. The molecule has 0 heterocycles. The van der Waals surface area contributed by atoms with Gasteiger partial charge in [0.25, 0.3) is 23.2 Å². The zero-order chi connectivity index (χ0) is 26.1. The Balaban J connectivity index is 1.89. The second-order valence-corrected chi connectivity index (χ2v) is 8.58. The molecule has 4 N–H and O–H groups in total. The Morgan fingerprint density at radius 3 is 1.57 bits per heavy atom. The second kappa shape index (κ2) is 12.1. The van der Waals surface area contributed by atoms with Crippen LogP contribution in [-0.4, -0.2) is 54.8 Å². The highest BCUT2D eigenvalue weighted by Crippen LogP contribution is 2.22. The van der Waals surface area contributed by atoms with Crippen LogP contribution < -0.4 is 10.9 Å². The van der Waals surface area contributed by atoms with Gasteiger partial charge in [-0.05, 0) is 26.0 Å². The Morgan fingerprint density at radius 1 is 0.857 bits per heavy atom. The summed E-state index contributed by atoms with van der Waals surface area (Å²) >= 11 is 0.978. The van der Waals surface area contributed by atoms with Gasteiger partial charge in [0.1, 0.15) is 11.5 Å². The van der Waals surface area contributed by atoms with Crippen LogP contribution in [0.4, 0.5) is 11.4 Å². The van der Waals surface area contributed by atoms with E-state index in [1.165, 1.54) is 13.8 Å². The van der Waals surface area contributed by atoms with Crippen molar-refractivity contribution in [3.8, 4) is 11.5 Å². The predicted molar refractivity (Wildman–Crippen MR) is 128 cm³/mol. The van der Waals surface area contributed by atoms with Crippen molar-refractivity contribution in [3.05, 3.63) is 67.8 Å². The molecular weight excluding hydrogens is 484 g/mol. The maximum atomic E-state index is 12.2. The number of carbonyl (C=O) groups is 2. The monoisotopic (exact) mass is 504 g/mol. The number of non-ortho nitro benzene ring substituents is 2. The quantitative estimate of drug-likeness (QED) is 0.211. The van der Waals surface area contributed by atoms with Gasteiger partial charge in [-0.3, -0.25) is 29.8 Å². The van der Waals surface area contributed by atoms with Gasteiger partial charge in [0.2, 0.25) is 0 Å². The van der Waals surface area contributed by atoms with E-state index in [1.54, 1.807) is 0 Å². The first-order valence-corrected chi connectivity index (χ1v) is 10.7. The van der Waals surface area contributed by atoms with Crippen molar-refractivity contribution in [3.63, 3.8) is 0 Å². The number of thioether (sulfide) groups is 1. The van der Waals surface area contributed by atoms with Crippen LogP contribution in [0.1, 0.15) is 25.0 Å². The average Bonchev–Trinajstić information content (AvgIpc) is 2.80. The average molecular weight is 504 g/mol. The summed E-state index contributed by atoms with van der Waals surface area (Å²) in [6.45, 7) is 3.04. The fourth-order valence-electron chi connectivity index (χ4n) is 2.46. The van der Waals surface area contributed by atoms with Crippen molar-refractivity contribution in [2.75, 3.05) is 0 Å². The number of nitro groups is 2. The number of nitro benzene ring substituents is 2. The fraction of sp³-hybridized carbons (Fsp3) is 0.200. The van der Waals surface area contributed by atoms with Crippen molar-refractivity contribution in [2.45, 2.75) is 24.3 Å². The van der Waals surface area contributed by atoms with E-state index >= 15 is 0 Å². The van der Waals surface area contributed by atoms with E-state index in [0.717, 1.165) is 60.6 Å². The number of phenolic OH excluding ortho intramolecular Hbond substituents is 2. The van der Waals surface area contributed by atoms with Crippen molar-refractivity contribution in [1.29, 1.82) is 0 Å². The van der Waals surface area contributed by atoms with E-state index in [4.69, 9.17) is 0 Å². The molecule has 0 aliphatic heterocycles. The summed E-state index contributed by atoms with van der Waals surface area (Å²) in [5.74, 6) is -1.66.